The fourth-order valence-corrected chi connectivity index (χ4v) is 3.25. The Balaban J connectivity index is 2.51. The Morgan fingerprint density at radius 3 is 2.00 bits per heavy atom. The third-order valence-corrected chi connectivity index (χ3v) is 4.39. The van der Waals surface area contributed by atoms with Crippen molar-refractivity contribution in [3.8, 4) is 0 Å². The summed E-state index contributed by atoms with van der Waals surface area (Å²) in [6.45, 7) is 4.03. The molecule has 1 N–H and O–H groups in total. The van der Waals surface area contributed by atoms with Crippen LogP contribution in [0.15, 0.2) is 24.3 Å². The number of para-hydroxylation sites is 2. The van der Waals surface area contributed by atoms with E-state index >= 15 is 0 Å². The van der Waals surface area contributed by atoms with Gasteiger partial charge in [-0.25, -0.2) is 0 Å². The second kappa shape index (κ2) is 11.2. The highest BCUT2D eigenvalue weighted by Crippen LogP contribution is 2.32. The van der Waals surface area contributed by atoms with Crippen molar-refractivity contribution in [1.82, 2.24) is 0 Å². The van der Waals surface area contributed by atoms with Crippen LogP contribution in [-0.2, 0) is 42.9 Å². The number of esters is 4. The molecule has 0 saturated carbocycles. The molecule has 33 heavy (non-hydrogen) atoms. The molecule has 1 heterocycles. The summed E-state index contributed by atoms with van der Waals surface area (Å²) in [5, 5.41) is 14.2. The molecule has 2 rings (SSSR count). The van der Waals surface area contributed by atoms with Crippen LogP contribution in [0.3, 0.4) is 0 Å². The molecular formula is C20H24N2O11. The van der Waals surface area contributed by atoms with Crippen molar-refractivity contribution in [2.24, 2.45) is 0 Å². The van der Waals surface area contributed by atoms with Gasteiger partial charge in [0.05, 0.1) is 4.92 Å². The zero-order valence-corrected chi connectivity index (χ0v) is 18.3. The minimum atomic E-state index is -1.39. The number of nitro groups is 1. The van der Waals surface area contributed by atoms with Gasteiger partial charge in [-0.1, -0.05) is 12.1 Å². The van der Waals surface area contributed by atoms with Gasteiger partial charge in [0.15, 0.2) is 24.5 Å². The SMILES string of the molecule is CC(=O)OC[C@H]1OC(Nc2ccccc2[N+](=O)[O-])[C@H](OC(C)=O)[C@@H](OC(C)=O)[C@@H]1OC(C)=O. The molecule has 1 fully saturated rings. The van der Waals surface area contributed by atoms with E-state index in [-0.39, 0.29) is 11.4 Å². The lowest BCUT2D eigenvalue weighted by Gasteiger charge is -2.44. The van der Waals surface area contributed by atoms with Crippen LogP contribution in [0.25, 0.3) is 0 Å². The van der Waals surface area contributed by atoms with E-state index in [1.165, 1.54) is 24.3 Å². The number of nitrogens with one attached hydrogen (secondary N) is 1. The summed E-state index contributed by atoms with van der Waals surface area (Å²) >= 11 is 0. The Hall–Kier alpha value is -3.74. The number of anilines is 1. The summed E-state index contributed by atoms with van der Waals surface area (Å²) in [5.41, 5.74) is -0.284. The number of carbonyl (C=O) groups is 4. The van der Waals surface area contributed by atoms with Gasteiger partial charge >= 0.3 is 23.9 Å². The molecule has 0 aliphatic carbocycles. The molecule has 1 aliphatic rings. The van der Waals surface area contributed by atoms with E-state index in [4.69, 9.17) is 23.7 Å². The van der Waals surface area contributed by atoms with Crippen molar-refractivity contribution in [2.75, 3.05) is 11.9 Å². The first-order valence-corrected chi connectivity index (χ1v) is 9.80. The highest BCUT2D eigenvalue weighted by molar-refractivity contribution is 5.69. The van der Waals surface area contributed by atoms with Crippen molar-refractivity contribution in [2.45, 2.75) is 58.3 Å². The number of nitro benzene ring substituents is 1. The van der Waals surface area contributed by atoms with Crippen molar-refractivity contribution < 1.29 is 47.8 Å². The summed E-state index contributed by atoms with van der Waals surface area (Å²) in [5.74, 6) is -2.99. The van der Waals surface area contributed by atoms with Gasteiger partial charge in [0.25, 0.3) is 5.69 Å². The molecular weight excluding hydrogens is 444 g/mol. The lowest BCUT2D eigenvalue weighted by molar-refractivity contribution is -0.384. The summed E-state index contributed by atoms with van der Waals surface area (Å²) in [6, 6.07) is 5.62. The van der Waals surface area contributed by atoms with Crippen molar-refractivity contribution >= 4 is 35.3 Å². The molecule has 0 spiro atoms. The average Bonchev–Trinajstić information content (AvgIpc) is 2.70. The van der Waals surface area contributed by atoms with Gasteiger partial charge in [0, 0.05) is 33.8 Å². The van der Waals surface area contributed by atoms with E-state index in [2.05, 4.69) is 5.32 Å². The molecule has 1 unspecified atom stereocenters. The summed E-state index contributed by atoms with van der Waals surface area (Å²) in [6.07, 6.45) is -6.58. The second-order valence-electron chi connectivity index (χ2n) is 7.04. The molecule has 180 valence electrons. The third kappa shape index (κ3) is 7.14. The van der Waals surface area contributed by atoms with E-state index in [1.54, 1.807) is 0 Å². The summed E-state index contributed by atoms with van der Waals surface area (Å²) in [7, 11) is 0. The molecule has 0 aromatic heterocycles. The van der Waals surface area contributed by atoms with Gasteiger partial charge in [-0.3, -0.25) is 29.3 Å². The van der Waals surface area contributed by atoms with Gasteiger partial charge in [-0.05, 0) is 6.07 Å². The zero-order chi connectivity index (χ0) is 24.7. The standard InChI is InChI=1S/C20H24N2O11/c1-10(23)29-9-16-17(30-11(2)24)18(31-12(3)25)19(32-13(4)26)20(33-16)21-14-7-5-6-8-15(14)22(27)28/h5-8,16-21H,9H2,1-4H3/t16-,17-,18+,19-,20?/m1/s1. The minimum Gasteiger partial charge on any atom is -0.463 e. The highest BCUT2D eigenvalue weighted by atomic mass is 16.7. The number of carbonyl (C=O) groups excluding carboxylic acids is 4. The average molecular weight is 468 g/mol. The fourth-order valence-electron chi connectivity index (χ4n) is 3.25. The van der Waals surface area contributed by atoms with Crippen molar-refractivity contribution in [3.63, 3.8) is 0 Å². The van der Waals surface area contributed by atoms with Crippen LogP contribution >= 0.6 is 0 Å². The van der Waals surface area contributed by atoms with Gasteiger partial charge < -0.3 is 29.0 Å². The van der Waals surface area contributed by atoms with Crippen molar-refractivity contribution in [1.29, 1.82) is 0 Å². The first-order valence-electron chi connectivity index (χ1n) is 9.80. The first-order chi connectivity index (χ1) is 15.5. The number of rotatable bonds is 8. The van der Waals surface area contributed by atoms with Gasteiger partial charge in [-0.15, -0.1) is 0 Å². The maximum Gasteiger partial charge on any atom is 0.303 e. The lowest BCUT2D eigenvalue weighted by Crippen LogP contribution is -2.64. The lowest BCUT2D eigenvalue weighted by atomic mass is 9.97. The number of hydrogen-bond acceptors (Lipinski definition) is 12. The number of nitrogens with zero attached hydrogens (tertiary/aromatic N) is 1. The topological polar surface area (TPSA) is 170 Å². The van der Waals surface area contributed by atoms with Crippen LogP contribution in [0.4, 0.5) is 11.4 Å². The van der Waals surface area contributed by atoms with Gasteiger partial charge in [0.2, 0.25) is 0 Å². The first kappa shape index (κ1) is 25.5. The van der Waals surface area contributed by atoms with Gasteiger partial charge in [-0.2, -0.15) is 0 Å². The summed E-state index contributed by atoms with van der Waals surface area (Å²) < 4.78 is 26.7. The Morgan fingerprint density at radius 1 is 0.909 bits per heavy atom. The minimum absolute atomic E-state index is 0.0170. The molecule has 5 atom stereocenters. The zero-order valence-electron chi connectivity index (χ0n) is 18.3. The largest absolute Gasteiger partial charge is 0.463 e. The Kier molecular flexibility index (Phi) is 8.68. The van der Waals surface area contributed by atoms with Gasteiger partial charge in [0.1, 0.15) is 18.4 Å². The number of benzene rings is 1. The number of hydrogen-bond donors (Lipinski definition) is 1. The molecule has 13 nitrogen and oxygen atoms in total. The maximum absolute atomic E-state index is 11.8. The second-order valence-corrected chi connectivity index (χ2v) is 7.04. The monoisotopic (exact) mass is 468 g/mol. The molecule has 1 aliphatic heterocycles. The molecule has 13 heteroatoms. The molecule has 1 saturated heterocycles. The van der Waals surface area contributed by atoms with Crippen LogP contribution in [0, 0.1) is 10.1 Å². The Labute approximate surface area is 188 Å². The van der Waals surface area contributed by atoms with E-state index < -0.39 is 66.1 Å². The molecule has 0 amide bonds. The molecule has 1 aromatic rings. The molecule has 1 aromatic carbocycles. The maximum atomic E-state index is 11.8. The normalized spacial score (nSPS) is 24.2. The fraction of sp³-hybridized carbons (Fsp3) is 0.500. The number of ether oxygens (including phenoxy) is 5. The predicted octanol–water partition coefficient (Wildman–Crippen LogP) is 1.09. The smallest absolute Gasteiger partial charge is 0.303 e. The van der Waals surface area contributed by atoms with Crippen LogP contribution in [0.5, 0.6) is 0 Å². The van der Waals surface area contributed by atoms with E-state index in [0.717, 1.165) is 27.7 Å². The van der Waals surface area contributed by atoms with Crippen LogP contribution in [0.1, 0.15) is 27.7 Å². The van der Waals surface area contributed by atoms with Crippen LogP contribution in [-0.4, -0.2) is 66.1 Å². The Morgan fingerprint density at radius 2 is 1.45 bits per heavy atom. The molecule has 0 bridgehead atoms. The van der Waals surface area contributed by atoms with E-state index in [1.807, 2.05) is 0 Å². The van der Waals surface area contributed by atoms with Crippen LogP contribution < -0.4 is 5.32 Å². The third-order valence-electron chi connectivity index (χ3n) is 4.39. The van der Waals surface area contributed by atoms with E-state index in [9.17, 15) is 29.3 Å². The quantitative estimate of drug-likeness (QED) is 0.250. The van der Waals surface area contributed by atoms with Crippen molar-refractivity contribution in [3.05, 3.63) is 34.4 Å². The van der Waals surface area contributed by atoms with E-state index in [0.29, 0.717) is 0 Å². The predicted molar refractivity (Wildman–Crippen MR) is 109 cm³/mol. The van der Waals surface area contributed by atoms with Crippen LogP contribution in [0.2, 0.25) is 0 Å². The highest BCUT2D eigenvalue weighted by Gasteiger charge is 2.52. The summed E-state index contributed by atoms with van der Waals surface area (Å²) in [4.78, 5) is 57.5. The molecule has 0 radical (unpaired) electrons. The Bertz CT molecular complexity index is 919.